The molecule has 8 nitrogen and oxygen atoms in total. The van der Waals surface area contributed by atoms with Crippen molar-refractivity contribution in [1.82, 2.24) is 19.4 Å². The zero-order valence-electron chi connectivity index (χ0n) is 17.2. The number of nitrogens with zero attached hydrogens (tertiary/aromatic N) is 5. The number of pyridine rings is 1. The molecule has 4 heterocycles. The van der Waals surface area contributed by atoms with E-state index in [1.54, 1.807) is 16.7 Å². The van der Waals surface area contributed by atoms with Crippen molar-refractivity contribution in [2.24, 2.45) is 0 Å². The van der Waals surface area contributed by atoms with Crippen LogP contribution in [0.5, 0.6) is 6.01 Å². The number of benzene rings is 1. The van der Waals surface area contributed by atoms with Crippen LogP contribution < -0.4 is 4.74 Å². The highest BCUT2D eigenvalue weighted by molar-refractivity contribution is 7.59. The Kier molecular flexibility index (Phi) is 5.87. The average Bonchev–Trinajstić information content (AvgIpc) is 3.25. The fourth-order valence-corrected chi connectivity index (χ4v) is 4.47. The molecule has 0 aliphatic carbocycles. The predicted octanol–water partition coefficient (Wildman–Crippen LogP) is 3.97. The largest absolute Gasteiger partial charge is 0.436 e. The molecule has 2 aromatic heterocycles. The quantitative estimate of drug-likeness (QED) is 0.417. The van der Waals surface area contributed by atoms with Crippen LogP contribution in [0, 0.1) is 15.9 Å². The molecule has 1 aromatic carbocycles. The highest BCUT2D eigenvalue weighted by Gasteiger charge is 2.41. The molecular formula is C21H21ClFN5O3S. The topological polar surface area (TPSA) is 86.3 Å². The molecule has 5 rings (SSSR count). The molecule has 0 bridgehead atoms. The Morgan fingerprint density at radius 1 is 1.31 bits per heavy atom. The van der Waals surface area contributed by atoms with Crippen LogP contribution in [0.3, 0.4) is 0 Å². The Morgan fingerprint density at radius 2 is 2.12 bits per heavy atom. The Hall–Kier alpha value is -2.69. The van der Waals surface area contributed by atoms with E-state index in [-0.39, 0.29) is 30.3 Å². The van der Waals surface area contributed by atoms with E-state index >= 15 is 0 Å². The summed E-state index contributed by atoms with van der Waals surface area (Å²) >= 11 is 5.91. The van der Waals surface area contributed by atoms with Gasteiger partial charge < -0.3 is 14.9 Å². The monoisotopic (exact) mass is 477 g/mol. The van der Waals surface area contributed by atoms with Crippen molar-refractivity contribution < 1.29 is 14.1 Å². The number of rotatable bonds is 4. The fourth-order valence-electron chi connectivity index (χ4n) is 4.30. The summed E-state index contributed by atoms with van der Waals surface area (Å²) in [7, 11) is 0. The van der Waals surface area contributed by atoms with Gasteiger partial charge in [0, 0.05) is 42.3 Å². The Bertz CT molecular complexity index is 1180. The van der Waals surface area contributed by atoms with E-state index in [9.17, 15) is 14.5 Å². The van der Waals surface area contributed by atoms with Gasteiger partial charge in [0.25, 0.3) is 0 Å². The van der Waals surface area contributed by atoms with Gasteiger partial charge in [-0.05, 0) is 35.6 Å². The van der Waals surface area contributed by atoms with Crippen LogP contribution in [0.2, 0.25) is 5.02 Å². The molecular weight excluding hydrogens is 457 g/mol. The second-order valence-electron chi connectivity index (χ2n) is 8.18. The third-order valence-electron chi connectivity index (χ3n) is 5.67. The normalized spacial score (nSPS) is 19.6. The van der Waals surface area contributed by atoms with Crippen LogP contribution in [-0.4, -0.2) is 43.0 Å². The van der Waals surface area contributed by atoms with Crippen LogP contribution in [0.1, 0.15) is 18.2 Å². The predicted molar refractivity (Wildman–Crippen MR) is 122 cm³/mol. The van der Waals surface area contributed by atoms with E-state index in [4.69, 9.17) is 16.3 Å². The molecule has 168 valence electrons. The summed E-state index contributed by atoms with van der Waals surface area (Å²) in [4.78, 5) is 21.3. The number of fused-ring (bicyclic) bond motifs is 2. The van der Waals surface area contributed by atoms with Crippen molar-refractivity contribution in [1.29, 1.82) is 0 Å². The van der Waals surface area contributed by atoms with Crippen molar-refractivity contribution in [3.05, 3.63) is 68.7 Å². The first-order chi connectivity index (χ1) is 14.8. The number of halogens is 2. The minimum Gasteiger partial charge on any atom is -0.436 e. The molecule has 11 heteroatoms. The first-order valence-corrected chi connectivity index (χ1v) is 10.3. The smallest absolute Gasteiger partial charge is 0.415 e. The highest BCUT2D eigenvalue weighted by atomic mass is 35.5. The van der Waals surface area contributed by atoms with E-state index < -0.39 is 16.3 Å². The Balaban J connectivity index is 0.00000245. The minimum absolute atomic E-state index is 0. The summed E-state index contributed by atoms with van der Waals surface area (Å²) in [6.45, 7) is 4.60. The lowest BCUT2D eigenvalue weighted by atomic mass is 10.00. The third-order valence-corrected chi connectivity index (χ3v) is 5.96. The van der Waals surface area contributed by atoms with Gasteiger partial charge in [0.2, 0.25) is 0 Å². The summed E-state index contributed by atoms with van der Waals surface area (Å²) in [5, 5.41) is 11.0. The summed E-state index contributed by atoms with van der Waals surface area (Å²) in [5.74, 6) is -0.667. The van der Waals surface area contributed by atoms with Gasteiger partial charge in [0.05, 0.1) is 17.3 Å². The van der Waals surface area contributed by atoms with Gasteiger partial charge in [-0.2, -0.15) is 13.5 Å². The van der Waals surface area contributed by atoms with E-state index in [2.05, 4.69) is 14.9 Å². The summed E-state index contributed by atoms with van der Waals surface area (Å²) in [5.41, 5.74) is 2.49. The van der Waals surface area contributed by atoms with E-state index in [1.165, 1.54) is 12.3 Å². The molecule has 0 saturated heterocycles. The average molecular weight is 478 g/mol. The van der Waals surface area contributed by atoms with Gasteiger partial charge >= 0.3 is 11.8 Å². The number of hydrogen-bond acceptors (Lipinski definition) is 6. The number of nitro groups is 1. The summed E-state index contributed by atoms with van der Waals surface area (Å²) in [6.07, 6.45) is 2.14. The summed E-state index contributed by atoms with van der Waals surface area (Å²) < 4.78 is 22.0. The summed E-state index contributed by atoms with van der Waals surface area (Å²) in [6, 6.07) is 8.99. The zero-order valence-corrected chi connectivity index (χ0v) is 19.0. The van der Waals surface area contributed by atoms with Gasteiger partial charge in [-0.3, -0.25) is 14.5 Å². The van der Waals surface area contributed by atoms with Crippen LogP contribution >= 0.6 is 25.1 Å². The molecule has 0 unspecified atom stereocenters. The molecule has 2 aliphatic rings. The molecule has 0 spiro atoms. The number of imidazole rings is 1. The zero-order chi connectivity index (χ0) is 21.8. The van der Waals surface area contributed by atoms with Crippen molar-refractivity contribution in [3.63, 3.8) is 0 Å². The van der Waals surface area contributed by atoms with Gasteiger partial charge in [-0.1, -0.05) is 23.7 Å². The van der Waals surface area contributed by atoms with Gasteiger partial charge in [0.15, 0.2) is 5.82 Å². The molecule has 3 aromatic rings. The maximum absolute atomic E-state index is 14.4. The van der Waals surface area contributed by atoms with Crippen molar-refractivity contribution in [2.45, 2.75) is 32.0 Å². The lowest BCUT2D eigenvalue weighted by Crippen LogP contribution is -2.46. The first-order valence-electron chi connectivity index (χ1n) is 9.87. The lowest BCUT2D eigenvalue weighted by Gasteiger charge is -2.34. The maximum atomic E-state index is 14.4. The van der Waals surface area contributed by atoms with Crippen LogP contribution in [0.25, 0.3) is 11.3 Å². The Morgan fingerprint density at radius 3 is 2.88 bits per heavy atom. The van der Waals surface area contributed by atoms with Gasteiger partial charge in [-0.15, -0.1) is 0 Å². The van der Waals surface area contributed by atoms with E-state index in [0.717, 1.165) is 24.2 Å². The van der Waals surface area contributed by atoms with Gasteiger partial charge in [-0.25, -0.2) is 4.39 Å². The fraction of sp³-hybridized carbons (Fsp3) is 0.333. The molecule has 0 amide bonds. The van der Waals surface area contributed by atoms with Crippen LogP contribution in [-0.2, 0) is 19.5 Å². The second kappa shape index (κ2) is 8.34. The third kappa shape index (κ3) is 4.05. The molecule has 0 fully saturated rings. The second-order valence-corrected chi connectivity index (χ2v) is 8.59. The van der Waals surface area contributed by atoms with E-state index in [1.807, 2.05) is 19.1 Å². The SMILES string of the molecule is C[C@]1(CN2CCc3nc(-c4cccc(Cl)c4F)ccc3C2)Cn2cc([N+](=O)[O-])nc2O1.S. The number of aromatic nitrogens is 3. The van der Waals surface area contributed by atoms with Crippen molar-refractivity contribution in [2.75, 3.05) is 13.1 Å². The highest BCUT2D eigenvalue weighted by Crippen LogP contribution is 2.33. The number of hydrogen-bond donors (Lipinski definition) is 0. The van der Waals surface area contributed by atoms with Gasteiger partial charge in [0.1, 0.15) is 11.8 Å². The van der Waals surface area contributed by atoms with Crippen molar-refractivity contribution >= 4 is 30.9 Å². The molecule has 0 N–H and O–H groups in total. The lowest BCUT2D eigenvalue weighted by molar-refractivity contribution is -0.389. The van der Waals surface area contributed by atoms with Crippen LogP contribution in [0.4, 0.5) is 10.2 Å². The molecule has 0 radical (unpaired) electrons. The number of ether oxygens (including phenoxy) is 1. The molecule has 1 atom stereocenters. The van der Waals surface area contributed by atoms with Crippen LogP contribution in [0.15, 0.2) is 36.5 Å². The Labute approximate surface area is 195 Å². The standard InChI is InChI=1S/C21H19ClFN5O3.H2S/c1-21(12-27-10-18(28(29)30)25-20(27)31-21)11-26-8-7-16-13(9-26)5-6-17(24-16)14-3-2-4-15(22)19(14)23;/h2-6,10H,7-9,11-12H2,1H3;1H2/t21-;/m0./s1. The molecule has 0 saturated carbocycles. The maximum Gasteiger partial charge on any atom is 0.415 e. The minimum atomic E-state index is -0.524. The molecule has 32 heavy (non-hydrogen) atoms. The van der Waals surface area contributed by atoms with E-state index in [0.29, 0.717) is 30.9 Å². The first kappa shape index (κ1) is 22.5. The molecule has 2 aliphatic heterocycles. The van der Waals surface area contributed by atoms with Crippen molar-refractivity contribution in [3.8, 4) is 17.3 Å².